The van der Waals surface area contributed by atoms with E-state index in [1.54, 1.807) is 0 Å². The fourth-order valence-corrected chi connectivity index (χ4v) is 1.33. The number of hydrogen-bond donors (Lipinski definition) is 1. The summed E-state index contributed by atoms with van der Waals surface area (Å²) in [6.07, 6.45) is 1.29. The van der Waals surface area contributed by atoms with Crippen molar-refractivity contribution in [3.05, 3.63) is 42.2 Å². The van der Waals surface area contributed by atoms with Crippen molar-refractivity contribution in [3.63, 3.8) is 0 Å². The van der Waals surface area contributed by atoms with E-state index in [-0.39, 0.29) is 6.42 Å². The first-order chi connectivity index (χ1) is 8.16. The van der Waals surface area contributed by atoms with Crippen LogP contribution in [0.4, 0.5) is 0 Å². The highest BCUT2D eigenvalue weighted by Crippen LogP contribution is 2.06. The number of aliphatic carboxylic acids is 1. The van der Waals surface area contributed by atoms with Crippen LogP contribution in [-0.4, -0.2) is 31.9 Å². The molecule has 2 aromatic rings. The van der Waals surface area contributed by atoms with Gasteiger partial charge in [-0.3, -0.25) is 4.79 Å². The van der Waals surface area contributed by atoms with Crippen LogP contribution in [0, 0.1) is 0 Å². The quantitative estimate of drug-likeness (QED) is 0.773. The van der Waals surface area contributed by atoms with Crippen LogP contribution in [0.1, 0.15) is 5.69 Å². The van der Waals surface area contributed by atoms with Crippen molar-refractivity contribution in [2.75, 3.05) is 0 Å². The molecule has 0 saturated heterocycles. The monoisotopic (exact) mass is 231 g/mol. The van der Waals surface area contributed by atoms with E-state index in [1.165, 1.54) is 10.9 Å². The smallest absolute Gasteiger partial charge is 0.372 e. The van der Waals surface area contributed by atoms with E-state index in [0.29, 0.717) is 5.69 Å². The fraction of sp³-hybridized carbons (Fsp3) is 0.0909. The van der Waals surface area contributed by atoms with E-state index in [1.807, 2.05) is 30.3 Å². The van der Waals surface area contributed by atoms with Gasteiger partial charge in [-0.1, -0.05) is 23.4 Å². The Morgan fingerprint density at radius 3 is 2.59 bits per heavy atom. The minimum absolute atomic E-state index is 0.248. The summed E-state index contributed by atoms with van der Waals surface area (Å²) in [5.41, 5.74) is 1.13. The van der Waals surface area contributed by atoms with E-state index in [0.717, 1.165) is 5.69 Å². The van der Waals surface area contributed by atoms with Gasteiger partial charge in [0.05, 0.1) is 24.0 Å². The van der Waals surface area contributed by atoms with Crippen LogP contribution in [0.2, 0.25) is 0 Å². The Kier molecular flexibility index (Phi) is 2.95. The van der Waals surface area contributed by atoms with Gasteiger partial charge in [-0.05, 0) is 12.1 Å². The Hall–Kier alpha value is -2.50. The lowest BCUT2D eigenvalue weighted by Crippen LogP contribution is -2.15. The van der Waals surface area contributed by atoms with Gasteiger partial charge in [0.2, 0.25) is 5.78 Å². The summed E-state index contributed by atoms with van der Waals surface area (Å²) < 4.78 is 1.49. The second kappa shape index (κ2) is 4.56. The molecule has 0 aliphatic heterocycles. The minimum Gasteiger partial charge on any atom is -0.475 e. The van der Waals surface area contributed by atoms with Gasteiger partial charge in [0.1, 0.15) is 0 Å². The first kappa shape index (κ1) is 11.0. The third kappa shape index (κ3) is 2.54. The van der Waals surface area contributed by atoms with Gasteiger partial charge >= 0.3 is 5.97 Å². The molecular formula is C11H9N3O3. The van der Waals surface area contributed by atoms with E-state index in [9.17, 15) is 9.59 Å². The predicted molar refractivity (Wildman–Crippen MR) is 57.7 cm³/mol. The lowest BCUT2D eigenvalue weighted by molar-refractivity contribution is -0.148. The molecule has 0 saturated carbocycles. The summed E-state index contributed by atoms with van der Waals surface area (Å²) in [6, 6.07) is 9.22. The average molecular weight is 231 g/mol. The van der Waals surface area contributed by atoms with Crippen LogP contribution >= 0.6 is 0 Å². The third-order valence-corrected chi connectivity index (χ3v) is 2.14. The summed E-state index contributed by atoms with van der Waals surface area (Å²) in [5, 5.41) is 16.0. The van der Waals surface area contributed by atoms with Crippen LogP contribution < -0.4 is 0 Å². The molecule has 1 aromatic carbocycles. The molecular weight excluding hydrogens is 222 g/mol. The number of carboxylic acid groups (broad SMARTS) is 1. The Balaban J connectivity index is 2.17. The van der Waals surface area contributed by atoms with Gasteiger partial charge in [0, 0.05) is 0 Å². The predicted octanol–water partition coefficient (Wildman–Crippen LogP) is 0.464. The number of benzene rings is 1. The summed E-state index contributed by atoms with van der Waals surface area (Å²) in [6.45, 7) is 0. The number of hydrogen-bond acceptors (Lipinski definition) is 4. The fourth-order valence-electron chi connectivity index (χ4n) is 1.33. The van der Waals surface area contributed by atoms with E-state index in [2.05, 4.69) is 10.3 Å². The van der Waals surface area contributed by atoms with Gasteiger partial charge in [-0.25, -0.2) is 9.48 Å². The molecule has 0 spiro atoms. The van der Waals surface area contributed by atoms with Gasteiger partial charge in [-0.15, -0.1) is 5.10 Å². The van der Waals surface area contributed by atoms with Crippen molar-refractivity contribution in [2.24, 2.45) is 0 Å². The van der Waals surface area contributed by atoms with E-state index >= 15 is 0 Å². The number of rotatable bonds is 4. The van der Waals surface area contributed by atoms with Crippen molar-refractivity contribution in [1.29, 1.82) is 0 Å². The molecule has 17 heavy (non-hydrogen) atoms. The van der Waals surface area contributed by atoms with Gasteiger partial charge < -0.3 is 5.11 Å². The number of para-hydroxylation sites is 1. The van der Waals surface area contributed by atoms with Gasteiger partial charge in [0.15, 0.2) is 0 Å². The number of carbonyl (C=O) groups is 2. The lowest BCUT2D eigenvalue weighted by Gasteiger charge is -1.96. The third-order valence-electron chi connectivity index (χ3n) is 2.14. The first-order valence-corrected chi connectivity index (χ1v) is 4.89. The zero-order valence-electron chi connectivity index (χ0n) is 8.78. The number of Topliss-reactive ketones (excluding diaryl/α,β-unsaturated/α-hetero) is 1. The highest BCUT2D eigenvalue weighted by molar-refractivity contribution is 6.33. The summed E-state index contributed by atoms with van der Waals surface area (Å²) in [7, 11) is 0. The summed E-state index contributed by atoms with van der Waals surface area (Å²) >= 11 is 0. The van der Waals surface area contributed by atoms with Crippen molar-refractivity contribution in [2.45, 2.75) is 6.42 Å². The molecule has 6 nitrogen and oxygen atoms in total. The first-order valence-electron chi connectivity index (χ1n) is 4.89. The van der Waals surface area contributed by atoms with Gasteiger partial charge in [-0.2, -0.15) is 0 Å². The maximum Gasteiger partial charge on any atom is 0.372 e. The Morgan fingerprint density at radius 2 is 1.94 bits per heavy atom. The van der Waals surface area contributed by atoms with Gasteiger partial charge in [0.25, 0.3) is 0 Å². The molecule has 0 aliphatic rings. The van der Waals surface area contributed by atoms with Crippen molar-refractivity contribution >= 4 is 11.8 Å². The Morgan fingerprint density at radius 1 is 1.24 bits per heavy atom. The normalized spacial score (nSPS) is 10.1. The molecule has 2 rings (SSSR count). The van der Waals surface area contributed by atoms with Crippen LogP contribution in [0.25, 0.3) is 5.69 Å². The maximum absolute atomic E-state index is 11.0. The van der Waals surface area contributed by atoms with Crippen molar-refractivity contribution in [1.82, 2.24) is 15.0 Å². The maximum atomic E-state index is 11.0. The molecule has 1 heterocycles. The standard InChI is InChI=1S/C11H9N3O3/c15-10(11(16)17)6-8-7-14(13-12-8)9-4-2-1-3-5-9/h1-5,7H,6H2,(H,16,17). The molecule has 0 fully saturated rings. The highest BCUT2D eigenvalue weighted by Gasteiger charge is 2.14. The SMILES string of the molecule is O=C(O)C(=O)Cc1cn(-c2ccccc2)nn1. The number of ketones is 1. The molecule has 0 atom stereocenters. The molecule has 86 valence electrons. The summed E-state index contributed by atoms with van der Waals surface area (Å²) in [5.74, 6) is -2.36. The van der Waals surface area contributed by atoms with Crippen LogP contribution in [-0.2, 0) is 16.0 Å². The number of nitrogens with zero attached hydrogens (tertiary/aromatic N) is 3. The molecule has 1 N–H and O–H groups in total. The number of carbonyl (C=O) groups excluding carboxylic acids is 1. The second-order valence-corrected chi connectivity index (χ2v) is 3.40. The zero-order valence-corrected chi connectivity index (χ0v) is 8.78. The molecule has 0 bridgehead atoms. The topological polar surface area (TPSA) is 85.1 Å². The van der Waals surface area contributed by atoms with Crippen LogP contribution in [0.5, 0.6) is 0 Å². The molecule has 6 heteroatoms. The van der Waals surface area contributed by atoms with E-state index in [4.69, 9.17) is 5.11 Å². The Bertz CT molecular complexity index is 548. The summed E-state index contributed by atoms with van der Waals surface area (Å²) in [4.78, 5) is 21.4. The van der Waals surface area contributed by atoms with Crippen LogP contribution in [0.15, 0.2) is 36.5 Å². The molecule has 1 aromatic heterocycles. The molecule has 0 unspecified atom stereocenters. The number of carboxylic acids is 1. The lowest BCUT2D eigenvalue weighted by atomic mass is 10.2. The average Bonchev–Trinajstić information content (AvgIpc) is 2.78. The second-order valence-electron chi connectivity index (χ2n) is 3.40. The van der Waals surface area contributed by atoms with Crippen molar-refractivity contribution in [3.8, 4) is 5.69 Å². The highest BCUT2D eigenvalue weighted by atomic mass is 16.4. The largest absolute Gasteiger partial charge is 0.475 e. The zero-order chi connectivity index (χ0) is 12.3. The van der Waals surface area contributed by atoms with Crippen molar-refractivity contribution < 1.29 is 14.7 Å². The molecule has 0 radical (unpaired) electrons. The van der Waals surface area contributed by atoms with E-state index < -0.39 is 11.8 Å². The minimum atomic E-state index is -1.46. The van der Waals surface area contributed by atoms with Crippen LogP contribution in [0.3, 0.4) is 0 Å². The number of aromatic nitrogens is 3. The molecule has 0 aliphatic carbocycles. The molecule has 0 amide bonds. The Labute approximate surface area is 96.5 Å².